The number of aromatic nitrogens is 1. The van der Waals surface area contributed by atoms with Gasteiger partial charge in [0.2, 0.25) is 5.76 Å². The predicted molar refractivity (Wildman–Crippen MR) is 74.4 cm³/mol. The highest BCUT2D eigenvalue weighted by Gasteiger charge is 2.39. The number of carboxylic acid groups (broad SMARTS) is 1. The van der Waals surface area contributed by atoms with Crippen LogP contribution in [-0.2, 0) is 11.2 Å². The monoisotopic (exact) mass is 304 g/mol. The second-order valence-corrected chi connectivity index (χ2v) is 5.56. The molecule has 0 aliphatic carbocycles. The van der Waals surface area contributed by atoms with Crippen molar-refractivity contribution < 1.29 is 23.6 Å². The summed E-state index contributed by atoms with van der Waals surface area (Å²) in [6.45, 7) is 4.13. The molecular weight excluding hydrogens is 288 g/mol. The van der Waals surface area contributed by atoms with Crippen molar-refractivity contribution in [1.29, 1.82) is 0 Å². The molecule has 2 aromatic rings. The number of amides is 1. The number of hydrogen-bond donors (Lipinski definition) is 1. The van der Waals surface area contributed by atoms with Gasteiger partial charge in [-0.2, -0.15) is 0 Å². The summed E-state index contributed by atoms with van der Waals surface area (Å²) < 4.78 is 10.3. The van der Waals surface area contributed by atoms with Gasteiger partial charge in [-0.25, -0.2) is 4.79 Å². The molecule has 3 rings (SSSR count). The van der Waals surface area contributed by atoms with Gasteiger partial charge in [0.05, 0.1) is 12.0 Å². The lowest BCUT2D eigenvalue weighted by Crippen LogP contribution is -2.43. The van der Waals surface area contributed by atoms with Gasteiger partial charge in [0.25, 0.3) is 5.91 Å². The highest BCUT2D eigenvalue weighted by molar-refractivity contribution is 5.95. The molecule has 22 heavy (non-hydrogen) atoms. The molecule has 1 N–H and O–H groups in total. The van der Waals surface area contributed by atoms with E-state index in [1.807, 2.05) is 13.8 Å². The van der Waals surface area contributed by atoms with Crippen molar-refractivity contribution in [2.45, 2.75) is 32.2 Å². The number of carbonyl (C=O) groups is 2. The SMILES string of the molecule is CC(C)c1cc(C(=O)N2CCc3occc3C2C(=O)O)on1. The van der Waals surface area contributed by atoms with Gasteiger partial charge in [-0.15, -0.1) is 0 Å². The van der Waals surface area contributed by atoms with Crippen LogP contribution in [-0.4, -0.2) is 33.6 Å². The summed E-state index contributed by atoms with van der Waals surface area (Å²) in [7, 11) is 0. The van der Waals surface area contributed by atoms with Crippen LogP contribution in [0.1, 0.15) is 53.4 Å². The van der Waals surface area contributed by atoms with Gasteiger partial charge in [0.1, 0.15) is 5.76 Å². The maximum atomic E-state index is 12.6. The highest BCUT2D eigenvalue weighted by atomic mass is 16.5. The average Bonchev–Trinajstić information content (AvgIpc) is 3.13. The fraction of sp³-hybridized carbons (Fsp3) is 0.400. The molecule has 1 atom stereocenters. The molecule has 0 aromatic carbocycles. The van der Waals surface area contributed by atoms with E-state index < -0.39 is 17.9 Å². The van der Waals surface area contributed by atoms with Gasteiger partial charge in [-0.05, 0) is 12.0 Å². The first kappa shape index (κ1) is 14.4. The Kier molecular flexibility index (Phi) is 3.48. The summed E-state index contributed by atoms with van der Waals surface area (Å²) in [5, 5.41) is 13.3. The van der Waals surface area contributed by atoms with Crippen LogP contribution in [0.5, 0.6) is 0 Å². The Bertz CT molecular complexity index is 715. The summed E-state index contributed by atoms with van der Waals surface area (Å²) in [6.07, 6.45) is 1.92. The van der Waals surface area contributed by atoms with Crippen molar-refractivity contribution in [3.05, 3.63) is 41.2 Å². The largest absolute Gasteiger partial charge is 0.479 e. The van der Waals surface area contributed by atoms with Gasteiger partial charge in [-0.3, -0.25) is 4.79 Å². The van der Waals surface area contributed by atoms with Crippen LogP contribution in [0.2, 0.25) is 0 Å². The number of carboxylic acids is 1. The van der Waals surface area contributed by atoms with E-state index in [2.05, 4.69) is 5.16 Å². The third-order valence-corrected chi connectivity index (χ3v) is 3.79. The lowest BCUT2D eigenvalue weighted by atomic mass is 9.99. The van der Waals surface area contributed by atoms with Crippen molar-refractivity contribution in [3.63, 3.8) is 0 Å². The van der Waals surface area contributed by atoms with Crippen molar-refractivity contribution in [2.75, 3.05) is 6.54 Å². The number of carbonyl (C=O) groups excluding carboxylic acids is 1. The van der Waals surface area contributed by atoms with Crippen LogP contribution in [0.3, 0.4) is 0 Å². The summed E-state index contributed by atoms with van der Waals surface area (Å²) >= 11 is 0. The van der Waals surface area contributed by atoms with Crippen LogP contribution in [0, 0.1) is 0 Å². The lowest BCUT2D eigenvalue weighted by Gasteiger charge is -2.31. The third-order valence-electron chi connectivity index (χ3n) is 3.79. The Morgan fingerprint density at radius 2 is 2.23 bits per heavy atom. The minimum Gasteiger partial charge on any atom is -0.479 e. The van der Waals surface area contributed by atoms with E-state index in [1.54, 1.807) is 12.1 Å². The normalized spacial score (nSPS) is 17.6. The first-order chi connectivity index (χ1) is 10.5. The molecule has 7 nitrogen and oxygen atoms in total. The van der Waals surface area contributed by atoms with Crippen LogP contribution < -0.4 is 0 Å². The maximum Gasteiger partial charge on any atom is 0.331 e. The van der Waals surface area contributed by atoms with E-state index in [9.17, 15) is 14.7 Å². The maximum absolute atomic E-state index is 12.6. The molecule has 0 saturated heterocycles. The fourth-order valence-electron chi connectivity index (χ4n) is 2.60. The molecular formula is C15H16N2O5. The first-order valence-corrected chi connectivity index (χ1v) is 7.05. The predicted octanol–water partition coefficient (Wildman–Crippen LogP) is 2.22. The number of aliphatic carboxylic acids is 1. The summed E-state index contributed by atoms with van der Waals surface area (Å²) in [5.41, 5.74) is 1.17. The summed E-state index contributed by atoms with van der Waals surface area (Å²) in [6, 6.07) is 2.09. The van der Waals surface area contributed by atoms with Gasteiger partial charge >= 0.3 is 5.97 Å². The van der Waals surface area contributed by atoms with Gasteiger partial charge in [0.15, 0.2) is 6.04 Å². The van der Waals surface area contributed by atoms with Crippen LogP contribution in [0.25, 0.3) is 0 Å². The standard InChI is InChI=1S/C15H16N2O5/c1-8(2)10-7-12(22-16-10)14(18)17-5-3-11-9(4-6-21-11)13(17)15(19)20/h4,6-8,13H,3,5H2,1-2H3,(H,19,20). The van der Waals surface area contributed by atoms with E-state index in [0.29, 0.717) is 23.4 Å². The molecule has 0 fully saturated rings. The summed E-state index contributed by atoms with van der Waals surface area (Å²) in [5.74, 6) is -0.779. The lowest BCUT2D eigenvalue weighted by molar-refractivity contribution is -0.143. The Labute approximate surface area is 126 Å². The summed E-state index contributed by atoms with van der Waals surface area (Å²) in [4.78, 5) is 25.5. The molecule has 3 heterocycles. The van der Waals surface area contributed by atoms with Gasteiger partial charge in [-0.1, -0.05) is 19.0 Å². The number of furan rings is 1. The van der Waals surface area contributed by atoms with Crippen LogP contribution in [0.15, 0.2) is 27.3 Å². The van der Waals surface area contributed by atoms with E-state index >= 15 is 0 Å². The van der Waals surface area contributed by atoms with E-state index in [-0.39, 0.29) is 18.2 Å². The molecule has 1 aliphatic heterocycles. The fourth-order valence-corrected chi connectivity index (χ4v) is 2.60. The van der Waals surface area contributed by atoms with Crippen LogP contribution in [0.4, 0.5) is 0 Å². The molecule has 1 aliphatic rings. The van der Waals surface area contributed by atoms with Crippen molar-refractivity contribution in [1.82, 2.24) is 10.1 Å². The Morgan fingerprint density at radius 1 is 1.45 bits per heavy atom. The first-order valence-electron chi connectivity index (χ1n) is 7.05. The van der Waals surface area contributed by atoms with E-state index in [4.69, 9.17) is 8.94 Å². The minimum absolute atomic E-state index is 0.0573. The third kappa shape index (κ3) is 2.28. The zero-order valence-electron chi connectivity index (χ0n) is 12.3. The molecule has 116 valence electrons. The Morgan fingerprint density at radius 3 is 2.86 bits per heavy atom. The smallest absolute Gasteiger partial charge is 0.331 e. The van der Waals surface area contributed by atoms with Crippen molar-refractivity contribution >= 4 is 11.9 Å². The van der Waals surface area contributed by atoms with Gasteiger partial charge < -0.3 is 18.9 Å². The average molecular weight is 304 g/mol. The van der Waals surface area contributed by atoms with Crippen LogP contribution >= 0.6 is 0 Å². The minimum atomic E-state index is -1.10. The van der Waals surface area contributed by atoms with Crippen molar-refractivity contribution in [2.24, 2.45) is 0 Å². The molecule has 0 bridgehead atoms. The van der Waals surface area contributed by atoms with E-state index in [0.717, 1.165) is 0 Å². The second-order valence-electron chi connectivity index (χ2n) is 5.56. The Hall–Kier alpha value is -2.57. The Balaban J connectivity index is 1.92. The second kappa shape index (κ2) is 5.32. The molecule has 2 aromatic heterocycles. The molecule has 0 spiro atoms. The highest BCUT2D eigenvalue weighted by Crippen LogP contribution is 2.32. The molecule has 0 saturated carbocycles. The number of fused-ring (bicyclic) bond motifs is 1. The zero-order valence-corrected chi connectivity index (χ0v) is 12.3. The number of rotatable bonds is 3. The number of nitrogens with zero attached hydrogens (tertiary/aromatic N) is 2. The van der Waals surface area contributed by atoms with E-state index in [1.165, 1.54) is 11.2 Å². The molecule has 7 heteroatoms. The van der Waals surface area contributed by atoms with Crippen molar-refractivity contribution in [3.8, 4) is 0 Å². The molecule has 0 radical (unpaired) electrons. The molecule has 1 unspecified atom stereocenters. The zero-order chi connectivity index (χ0) is 15.9. The van der Waals surface area contributed by atoms with Gasteiger partial charge in [0, 0.05) is 24.6 Å². The topological polar surface area (TPSA) is 96.8 Å². The number of hydrogen-bond acceptors (Lipinski definition) is 5. The quantitative estimate of drug-likeness (QED) is 0.933. The molecule has 1 amide bonds.